The fourth-order valence-electron chi connectivity index (χ4n) is 5.72. The van der Waals surface area contributed by atoms with Gasteiger partial charge in [0.2, 0.25) is 0 Å². The smallest absolute Gasteiger partial charge is 0.458 e. The Morgan fingerprint density at radius 3 is 2.26 bits per heavy atom. The number of ether oxygens (including phenoxy) is 7. The summed E-state index contributed by atoms with van der Waals surface area (Å²) in [6, 6.07) is 6.79. The minimum atomic E-state index is -1.89. The number of esters is 1. The number of cyclic esters (lactones) is 1. The molecule has 0 radical (unpaired) electrons. The van der Waals surface area contributed by atoms with Gasteiger partial charge in [0.05, 0.1) is 75.3 Å². The van der Waals surface area contributed by atoms with Crippen LogP contribution in [-0.2, 0) is 58.4 Å². The molecule has 0 fully saturated rings. The Morgan fingerprint density at radius 1 is 0.935 bits per heavy atom. The SMILES string of the molecule is CCOCCOCCOCCOCCOC(=O)Oc1ccc2nc3c(c(CC)c2c1)Cn1c-3cc2c(c1=O)COC(=O)[C@]2(O)CC. The normalized spacial score (nSPS) is 16.6. The number of hydrogen-bond donors (Lipinski definition) is 1. The first kappa shape index (κ1) is 33.5. The van der Waals surface area contributed by atoms with Crippen molar-refractivity contribution in [3.8, 4) is 17.1 Å². The minimum Gasteiger partial charge on any atom is -0.458 e. The molecule has 0 bridgehead atoms. The highest BCUT2D eigenvalue weighted by molar-refractivity contribution is 5.90. The van der Waals surface area contributed by atoms with Gasteiger partial charge in [-0.15, -0.1) is 0 Å². The predicted octanol–water partition coefficient (Wildman–Crippen LogP) is 3.24. The molecule has 2 aromatic heterocycles. The highest BCUT2D eigenvalue weighted by atomic mass is 16.7. The highest BCUT2D eigenvalue weighted by Gasteiger charge is 2.45. The molecule has 0 amide bonds. The van der Waals surface area contributed by atoms with E-state index in [1.54, 1.807) is 35.8 Å². The van der Waals surface area contributed by atoms with Crippen LogP contribution in [0.4, 0.5) is 4.79 Å². The Labute approximate surface area is 266 Å². The molecule has 0 unspecified atom stereocenters. The van der Waals surface area contributed by atoms with E-state index in [0.29, 0.717) is 75.3 Å². The van der Waals surface area contributed by atoms with Gasteiger partial charge >= 0.3 is 12.1 Å². The molecule has 2 aliphatic heterocycles. The lowest BCUT2D eigenvalue weighted by atomic mass is 9.86. The third-order valence-electron chi connectivity index (χ3n) is 8.10. The number of carbonyl (C=O) groups is 2. The van der Waals surface area contributed by atoms with Crippen LogP contribution >= 0.6 is 0 Å². The average Bonchev–Trinajstić information content (AvgIpc) is 3.42. The van der Waals surface area contributed by atoms with Crippen LogP contribution < -0.4 is 10.3 Å². The lowest BCUT2D eigenvalue weighted by Crippen LogP contribution is -2.44. The maximum atomic E-state index is 13.5. The van der Waals surface area contributed by atoms with E-state index in [1.165, 1.54) is 0 Å². The summed E-state index contributed by atoms with van der Waals surface area (Å²) < 4.78 is 38.7. The van der Waals surface area contributed by atoms with E-state index in [9.17, 15) is 19.5 Å². The number of aromatic nitrogens is 2. The molecule has 3 aromatic rings. The van der Waals surface area contributed by atoms with E-state index in [-0.39, 0.29) is 49.5 Å². The number of carbonyl (C=O) groups excluding carboxylic acids is 2. The van der Waals surface area contributed by atoms with Crippen LogP contribution in [0.1, 0.15) is 49.4 Å². The van der Waals surface area contributed by atoms with Crippen molar-refractivity contribution in [1.82, 2.24) is 9.55 Å². The molecule has 5 rings (SSSR count). The van der Waals surface area contributed by atoms with Crippen LogP contribution in [0.5, 0.6) is 5.75 Å². The molecule has 248 valence electrons. The number of benzene rings is 1. The van der Waals surface area contributed by atoms with Gasteiger partial charge in [-0.25, -0.2) is 14.6 Å². The lowest BCUT2D eigenvalue weighted by Gasteiger charge is -2.31. The maximum Gasteiger partial charge on any atom is 0.513 e. The molecule has 2 aliphatic rings. The molecule has 46 heavy (non-hydrogen) atoms. The van der Waals surface area contributed by atoms with E-state index in [1.807, 2.05) is 13.8 Å². The summed E-state index contributed by atoms with van der Waals surface area (Å²) in [5.74, 6) is -0.473. The average molecular weight is 641 g/mol. The van der Waals surface area contributed by atoms with Gasteiger partial charge in [0, 0.05) is 23.1 Å². The van der Waals surface area contributed by atoms with Gasteiger partial charge in [-0.1, -0.05) is 13.8 Å². The molecule has 0 aliphatic carbocycles. The van der Waals surface area contributed by atoms with Gasteiger partial charge in [-0.2, -0.15) is 0 Å². The summed E-state index contributed by atoms with van der Waals surface area (Å²) in [5, 5.41) is 11.9. The molecular weight excluding hydrogens is 600 g/mol. The van der Waals surface area contributed by atoms with Crippen molar-refractivity contribution in [2.75, 3.05) is 59.5 Å². The number of fused-ring (bicyclic) bond motifs is 5. The van der Waals surface area contributed by atoms with Crippen molar-refractivity contribution < 1.29 is 47.9 Å². The second kappa shape index (κ2) is 15.1. The Kier molecular flexibility index (Phi) is 11.0. The van der Waals surface area contributed by atoms with E-state index in [2.05, 4.69) is 0 Å². The third-order valence-corrected chi connectivity index (χ3v) is 8.10. The fraction of sp³-hybridized carbons (Fsp3) is 0.515. The molecule has 1 atom stereocenters. The number of rotatable bonds is 16. The van der Waals surface area contributed by atoms with Crippen molar-refractivity contribution in [2.45, 2.75) is 52.4 Å². The van der Waals surface area contributed by atoms with Crippen LogP contribution in [0.3, 0.4) is 0 Å². The summed E-state index contributed by atoms with van der Waals surface area (Å²) in [7, 11) is 0. The summed E-state index contributed by atoms with van der Waals surface area (Å²) in [5.41, 5.74) is 1.93. The third kappa shape index (κ3) is 6.93. The quantitative estimate of drug-likeness (QED) is 0.109. The van der Waals surface area contributed by atoms with E-state index in [0.717, 1.165) is 16.5 Å². The van der Waals surface area contributed by atoms with E-state index < -0.39 is 17.7 Å². The number of hydrogen-bond acceptors (Lipinski definition) is 12. The largest absolute Gasteiger partial charge is 0.513 e. The molecule has 13 heteroatoms. The van der Waals surface area contributed by atoms with E-state index in [4.69, 9.17) is 38.1 Å². The summed E-state index contributed by atoms with van der Waals surface area (Å²) in [4.78, 5) is 43.2. The zero-order valence-electron chi connectivity index (χ0n) is 26.4. The van der Waals surface area contributed by atoms with Gasteiger partial charge in [-0.3, -0.25) is 4.79 Å². The van der Waals surface area contributed by atoms with Crippen molar-refractivity contribution in [3.05, 3.63) is 56.9 Å². The van der Waals surface area contributed by atoms with Crippen molar-refractivity contribution in [3.63, 3.8) is 0 Å². The van der Waals surface area contributed by atoms with Gasteiger partial charge in [-0.05, 0) is 49.6 Å². The van der Waals surface area contributed by atoms with Gasteiger partial charge < -0.3 is 42.8 Å². The zero-order chi connectivity index (χ0) is 32.7. The molecular formula is C33H40N2O11. The van der Waals surface area contributed by atoms with Crippen molar-refractivity contribution in [1.29, 1.82) is 0 Å². The van der Waals surface area contributed by atoms with Crippen LogP contribution in [0.15, 0.2) is 29.1 Å². The standard InChI is InChI=1S/C33H40N2O11/c1-4-22-23-17-21(46-32(38)44-16-15-43-14-13-42-12-11-41-10-9-40-6-3)7-8-27(23)34-29-24(22)19-35-28(29)18-26-25(30(35)36)20-45-31(37)33(26,39)5-2/h7-8,17-18,39H,4-6,9-16,19-20H2,1-3H3/t33-/m0/s1. The van der Waals surface area contributed by atoms with Gasteiger partial charge in [0.25, 0.3) is 5.56 Å². The van der Waals surface area contributed by atoms with Gasteiger partial charge in [0.15, 0.2) is 5.60 Å². The van der Waals surface area contributed by atoms with Crippen molar-refractivity contribution in [2.24, 2.45) is 0 Å². The topological polar surface area (TPSA) is 154 Å². The second-order valence-corrected chi connectivity index (χ2v) is 10.8. The predicted molar refractivity (Wildman–Crippen MR) is 165 cm³/mol. The summed E-state index contributed by atoms with van der Waals surface area (Å²) >= 11 is 0. The van der Waals surface area contributed by atoms with E-state index >= 15 is 0 Å². The van der Waals surface area contributed by atoms with Crippen LogP contribution in [0.2, 0.25) is 0 Å². The molecule has 4 heterocycles. The van der Waals surface area contributed by atoms with Crippen LogP contribution in [-0.4, -0.2) is 86.2 Å². The lowest BCUT2D eigenvalue weighted by molar-refractivity contribution is -0.172. The summed E-state index contributed by atoms with van der Waals surface area (Å²) in [6.45, 7) is 9.34. The van der Waals surface area contributed by atoms with Crippen LogP contribution in [0.25, 0.3) is 22.3 Å². The Bertz CT molecular complexity index is 1640. The first-order valence-electron chi connectivity index (χ1n) is 15.6. The van der Waals surface area contributed by atoms with Crippen LogP contribution in [0, 0.1) is 0 Å². The van der Waals surface area contributed by atoms with Crippen molar-refractivity contribution >= 4 is 23.0 Å². The highest BCUT2D eigenvalue weighted by Crippen LogP contribution is 2.40. The Hall–Kier alpha value is -3.88. The number of aliphatic hydroxyl groups is 1. The molecule has 0 saturated carbocycles. The number of aryl methyl sites for hydroxylation is 1. The molecule has 0 saturated heterocycles. The zero-order valence-corrected chi connectivity index (χ0v) is 26.4. The summed E-state index contributed by atoms with van der Waals surface area (Å²) in [6.07, 6.45) is -0.167. The first-order valence-corrected chi connectivity index (χ1v) is 15.6. The molecule has 0 spiro atoms. The Balaban J connectivity index is 1.19. The van der Waals surface area contributed by atoms with Gasteiger partial charge in [0.1, 0.15) is 19.0 Å². The first-order chi connectivity index (χ1) is 22.3. The molecule has 13 nitrogen and oxygen atoms in total. The maximum absolute atomic E-state index is 13.5. The molecule has 1 N–H and O–H groups in total. The minimum absolute atomic E-state index is 0.0169. The Morgan fingerprint density at radius 2 is 1.61 bits per heavy atom. The molecule has 1 aromatic carbocycles. The monoisotopic (exact) mass is 640 g/mol. The number of pyridine rings is 2. The second-order valence-electron chi connectivity index (χ2n) is 10.8. The fourth-order valence-corrected chi connectivity index (χ4v) is 5.72. The number of nitrogens with zero attached hydrogens (tertiary/aromatic N) is 2.